The van der Waals surface area contributed by atoms with Crippen LogP contribution in [0, 0.1) is 0 Å². The van der Waals surface area contributed by atoms with Crippen LogP contribution in [0.5, 0.6) is 0 Å². The SMILES string of the molecule is CC(C)(C)c1ncc2c(n1)CCN(Cc1cnc(Cl)s1)C2. The lowest BCUT2D eigenvalue weighted by Gasteiger charge is -2.28. The molecule has 0 fully saturated rings. The average Bonchev–Trinajstić information content (AvgIpc) is 2.82. The lowest BCUT2D eigenvalue weighted by Crippen LogP contribution is -2.31. The van der Waals surface area contributed by atoms with E-state index in [9.17, 15) is 0 Å². The third-order valence-electron chi connectivity index (χ3n) is 3.59. The molecule has 2 aromatic rings. The fraction of sp³-hybridized carbons (Fsp3) is 0.533. The van der Waals surface area contributed by atoms with Crippen molar-refractivity contribution in [1.29, 1.82) is 0 Å². The third-order valence-corrected chi connectivity index (χ3v) is 4.69. The number of hydrogen-bond acceptors (Lipinski definition) is 5. The summed E-state index contributed by atoms with van der Waals surface area (Å²) in [7, 11) is 0. The Labute approximate surface area is 134 Å². The molecule has 0 spiro atoms. The zero-order chi connectivity index (χ0) is 15.0. The molecule has 0 bridgehead atoms. The molecule has 112 valence electrons. The Morgan fingerprint density at radius 2 is 2.10 bits per heavy atom. The monoisotopic (exact) mass is 322 g/mol. The highest BCUT2D eigenvalue weighted by Crippen LogP contribution is 2.25. The molecule has 0 radical (unpaired) electrons. The molecule has 3 rings (SSSR count). The second-order valence-corrected chi connectivity index (χ2v) is 8.15. The second kappa shape index (κ2) is 5.63. The third kappa shape index (κ3) is 3.42. The highest BCUT2D eigenvalue weighted by molar-refractivity contribution is 7.15. The first-order chi connectivity index (χ1) is 9.91. The largest absolute Gasteiger partial charge is 0.293 e. The zero-order valence-corrected chi connectivity index (χ0v) is 14.1. The van der Waals surface area contributed by atoms with E-state index in [1.165, 1.54) is 16.1 Å². The van der Waals surface area contributed by atoms with Crippen LogP contribution in [0.1, 0.15) is 42.7 Å². The Hall–Kier alpha value is -1.04. The Morgan fingerprint density at radius 1 is 1.29 bits per heavy atom. The number of rotatable bonds is 2. The van der Waals surface area contributed by atoms with E-state index >= 15 is 0 Å². The van der Waals surface area contributed by atoms with Gasteiger partial charge in [-0.2, -0.15) is 0 Å². The maximum absolute atomic E-state index is 5.89. The number of fused-ring (bicyclic) bond motifs is 1. The van der Waals surface area contributed by atoms with E-state index < -0.39 is 0 Å². The van der Waals surface area contributed by atoms with Crippen LogP contribution >= 0.6 is 22.9 Å². The van der Waals surface area contributed by atoms with Gasteiger partial charge < -0.3 is 0 Å². The summed E-state index contributed by atoms with van der Waals surface area (Å²) in [5.41, 5.74) is 2.45. The van der Waals surface area contributed by atoms with Crippen LogP contribution in [0.4, 0.5) is 0 Å². The Bertz CT molecular complexity index is 647. The summed E-state index contributed by atoms with van der Waals surface area (Å²) in [5, 5.41) is 0. The molecule has 1 aliphatic rings. The molecule has 0 aromatic carbocycles. The van der Waals surface area contributed by atoms with Crippen LogP contribution in [-0.2, 0) is 24.9 Å². The fourth-order valence-corrected chi connectivity index (χ4v) is 3.47. The van der Waals surface area contributed by atoms with Gasteiger partial charge in [0.1, 0.15) is 5.82 Å². The minimum atomic E-state index is 0.00551. The van der Waals surface area contributed by atoms with E-state index in [4.69, 9.17) is 16.6 Å². The topological polar surface area (TPSA) is 41.9 Å². The maximum atomic E-state index is 5.89. The van der Waals surface area contributed by atoms with E-state index in [0.717, 1.165) is 31.9 Å². The van der Waals surface area contributed by atoms with Gasteiger partial charge in [-0.05, 0) is 0 Å². The zero-order valence-electron chi connectivity index (χ0n) is 12.6. The number of hydrogen-bond donors (Lipinski definition) is 0. The van der Waals surface area contributed by atoms with Crippen molar-refractivity contribution in [2.24, 2.45) is 0 Å². The van der Waals surface area contributed by atoms with Crippen molar-refractivity contribution in [1.82, 2.24) is 19.9 Å². The van der Waals surface area contributed by atoms with Crippen molar-refractivity contribution in [3.05, 3.63) is 38.8 Å². The molecule has 0 unspecified atom stereocenters. The van der Waals surface area contributed by atoms with Crippen molar-refractivity contribution in [2.45, 2.75) is 45.7 Å². The van der Waals surface area contributed by atoms with Crippen molar-refractivity contribution in [3.8, 4) is 0 Å². The van der Waals surface area contributed by atoms with Gasteiger partial charge in [0, 0.05) is 60.0 Å². The molecule has 0 aliphatic carbocycles. The minimum absolute atomic E-state index is 0.00551. The van der Waals surface area contributed by atoms with Gasteiger partial charge in [-0.1, -0.05) is 32.4 Å². The van der Waals surface area contributed by atoms with Crippen molar-refractivity contribution in [2.75, 3.05) is 6.54 Å². The second-order valence-electron chi connectivity index (χ2n) is 6.46. The van der Waals surface area contributed by atoms with Crippen LogP contribution in [-0.4, -0.2) is 26.4 Å². The molecule has 0 N–H and O–H groups in total. The van der Waals surface area contributed by atoms with Gasteiger partial charge in [0.05, 0.1) is 0 Å². The summed E-state index contributed by atoms with van der Waals surface area (Å²) >= 11 is 7.44. The molecule has 0 amide bonds. The van der Waals surface area contributed by atoms with Gasteiger partial charge in [0.25, 0.3) is 0 Å². The Kier molecular flexibility index (Phi) is 3.99. The van der Waals surface area contributed by atoms with Crippen LogP contribution < -0.4 is 0 Å². The fourth-order valence-electron chi connectivity index (χ4n) is 2.45. The van der Waals surface area contributed by atoms with Gasteiger partial charge in [-0.25, -0.2) is 15.0 Å². The maximum Gasteiger partial charge on any atom is 0.183 e. The van der Waals surface area contributed by atoms with E-state index in [-0.39, 0.29) is 5.41 Å². The summed E-state index contributed by atoms with van der Waals surface area (Å²) in [5.74, 6) is 0.934. The first kappa shape index (κ1) is 14.9. The van der Waals surface area contributed by atoms with Crippen molar-refractivity contribution in [3.63, 3.8) is 0 Å². The predicted molar refractivity (Wildman–Crippen MR) is 85.7 cm³/mol. The summed E-state index contributed by atoms with van der Waals surface area (Å²) in [6.45, 7) is 9.26. The summed E-state index contributed by atoms with van der Waals surface area (Å²) in [6, 6.07) is 0. The van der Waals surface area contributed by atoms with Gasteiger partial charge >= 0.3 is 0 Å². The van der Waals surface area contributed by atoms with E-state index in [1.54, 1.807) is 11.3 Å². The highest BCUT2D eigenvalue weighted by atomic mass is 35.5. The quantitative estimate of drug-likeness (QED) is 0.849. The lowest BCUT2D eigenvalue weighted by molar-refractivity contribution is 0.244. The summed E-state index contributed by atoms with van der Waals surface area (Å²) in [4.78, 5) is 17.0. The number of aromatic nitrogens is 3. The van der Waals surface area contributed by atoms with Crippen LogP contribution in [0.3, 0.4) is 0 Å². The Morgan fingerprint density at radius 3 is 2.76 bits per heavy atom. The van der Waals surface area contributed by atoms with Crippen LogP contribution in [0.2, 0.25) is 4.47 Å². The number of thiazole rings is 1. The molecule has 0 atom stereocenters. The molecule has 6 heteroatoms. The summed E-state index contributed by atoms with van der Waals surface area (Å²) in [6.07, 6.45) is 4.84. The minimum Gasteiger partial charge on any atom is -0.293 e. The standard InChI is InChI=1S/C15H19ClN4S/c1-15(2,3)13-17-6-10-8-20(5-4-12(10)19-13)9-11-7-18-14(16)21-11/h6-7H,4-5,8-9H2,1-3H3. The first-order valence-corrected chi connectivity index (χ1v) is 8.29. The van der Waals surface area contributed by atoms with Crippen molar-refractivity contribution >= 4 is 22.9 Å². The highest BCUT2D eigenvalue weighted by Gasteiger charge is 2.23. The van der Waals surface area contributed by atoms with E-state index in [0.29, 0.717) is 4.47 Å². The van der Waals surface area contributed by atoms with Crippen molar-refractivity contribution < 1.29 is 0 Å². The number of nitrogens with zero attached hydrogens (tertiary/aromatic N) is 4. The number of halogens is 1. The first-order valence-electron chi connectivity index (χ1n) is 7.09. The summed E-state index contributed by atoms with van der Waals surface area (Å²) < 4.78 is 0.612. The lowest BCUT2D eigenvalue weighted by atomic mass is 9.95. The molecule has 1 aliphatic heterocycles. The molecule has 2 aromatic heterocycles. The predicted octanol–water partition coefficient (Wildman–Crippen LogP) is 3.44. The van der Waals surface area contributed by atoms with E-state index in [1.807, 2.05) is 12.4 Å². The molecule has 0 saturated carbocycles. The molecule has 3 heterocycles. The molecular formula is C15H19ClN4S. The van der Waals surface area contributed by atoms with Gasteiger partial charge in [0.15, 0.2) is 4.47 Å². The smallest absolute Gasteiger partial charge is 0.183 e. The van der Waals surface area contributed by atoms with Gasteiger partial charge in [-0.15, -0.1) is 11.3 Å². The molecule has 4 nitrogen and oxygen atoms in total. The van der Waals surface area contributed by atoms with Gasteiger partial charge in [-0.3, -0.25) is 4.90 Å². The molecular weight excluding hydrogens is 304 g/mol. The van der Waals surface area contributed by atoms with E-state index in [2.05, 4.69) is 35.6 Å². The molecule has 0 saturated heterocycles. The van der Waals surface area contributed by atoms with Crippen LogP contribution in [0.15, 0.2) is 12.4 Å². The molecule has 21 heavy (non-hydrogen) atoms. The van der Waals surface area contributed by atoms with Gasteiger partial charge in [0.2, 0.25) is 0 Å². The van der Waals surface area contributed by atoms with Crippen LogP contribution in [0.25, 0.3) is 0 Å². The Balaban J connectivity index is 1.74. The normalized spacial score (nSPS) is 16.0. The average molecular weight is 323 g/mol.